The van der Waals surface area contributed by atoms with E-state index in [1.807, 2.05) is 6.07 Å². The van der Waals surface area contributed by atoms with Crippen molar-refractivity contribution in [2.24, 2.45) is 5.14 Å². The van der Waals surface area contributed by atoms with Gasteiger partial charge in [-0.05, 0) is 31.0 Å². The maximum Gasteiger partial charge on any atom is 0.255 e. The molecule has 0 saturated heterocycles. The molecule has 23 heavy (non-hydrogen) atoms. The second-order valence-electron chi connectivity index (χ2n) is 5.38. The molecule has 3 aromatic rings. The van der Waals surface area contributed by atoms with Crippen molar-refractivity contribution in [1.29, 1.82) is 0 Å². The van der Waals surface area contributed by atoms with E-state index >= 15 is 0 Å². The highest BCUT2D eigenvalue weighted by molar-refractivity contribution is 7.89. The van der Waals surface area contributed by atoms with Gasteiger partial charge in [-0.2, -0.15) is 5.10 Å². The summed E-state index contributed by atoms with van der Waals surface area (Å²) in [4.78, 5) is 7.99. The summed E-state index contributed by atoms with van der Waals surface area (Å²) in [5.74, 6) is 1.28. The van der Waals surface area contributed by atoms with E-state index in [-0.39, 0.29) is 5.03 Å². The lowest BCUT2D eigenvalue weighted by molar-refractivity contribution is 0.462. The average Bonchev–Trinajstić information content (AvgIpc) is 3.26. The number of primary sulfonamides is 1. The fourth-order valence-electron chi connectivity index (χ4n) is 2.28. The lowest BCUT2D eigenvalue weighted by Crippen LogP contribution is -2.13. The molecule has 1 fully saturated rings. The molecule has 0 spiro atoms. The third kappa shape index (κ3) is 2.76. The minimum Gasteiger partial charge on any atom is -0.435 e. The van der Waals surface area contributed by atoms with Crippen LogP contribution in [0.3, 0.4) is 0 Å². The Bertz CT molecular complexity index is 977. The van der Waals surface area contributed by atoms with Crippen LogP contribution in [-0.2, 0) is 10.0 Å². The maximum absolute atomic E-state index is 11.2. The Hall–Kier alpha value is -2.52. The molecule has 2 N–H and O–H groups in total. The van der Waals surface area contributed by atoms with Gasteiger partial charge in [0.2, 0.25) is 5.88 Å². The zero-order chi connectivity index (χ0) is 16.0. The summed E-state index contributed by atoms with van der Waals surface area (Å²) in [6.45, 7) is 0. The highest BCUT2D eigenvalue weighted by atomic mass is 32.2. The molecule has 0 atom stereocenters. The van der Waals surface area contributed by atoms with Crippen molar-refractivity contribution in [2.75, 3.05) is 0 Å². The van der Waals surface area contributed by atoms with E-state index in [0.29, 0.717) is 17.5 Å². The average molecular weight is 331 g/mol. The van der Waals surface area contributed by atoms with Crippen molar-refractivity contribution in [2.45, 2.75) is 23.8 Å². The van der Waals surface area contributed by atoms with Crippen LogP contribution >= 0.6 is 0 Å². The molecule has 1 aliphatic carbocycles. The van der Waals surface area contributed by atoms with Crippen LogP contribution in [0.4, 0.5) is 0 Å². The van der Waals surface area contributed by atoms with E-state index < -0.39 is 10.0 Å². The van der Waals surface area contributed by atoms with Crippen LogP contribution in [0.1, 0.15) is 24.5 Å². The van der Waals surface area contributed by atoms with E-state index in [0.717, 1.165) is 24.1 Å². The van der Waals surface area contributed by atoms with E-state index in [2.05, 4.69) is 15.1 Å². The van der Waals surface area contributed by atoms with Gasteiger partial charge in [0.1, 0.15) is 11.3 Å². The molecule has 0 aliphatic heterocycles. The van der Waals surface area contributed by atoms with Gasteiger partial charge in [0.25, 0.3) is 10.0 Å². The highest BCUT2D eigenvalue weighted by Crippen LogP contribution is 2.40. The lowest BCUT2D eigenvalue weighted by atomic mass is 10.3. The number of sulfonamides is 1. The molecule has 0 amide bonds. The van der Waals surface area contributed by atoms with Gasteiger partial charge in [-0.3, -0.25) is 0 Å². The first kappa shape index (κ1) is 14.1. The molecule has 9 heteroatoms. The van der Waals surface area contributed by atoms with Gasteiger partial charge in [0.05, 0.1) is 11.9 Å². The number of aromatic nitrogens is 4. The Labute approximate surface area is 132 Å². The number of hydrogen-bond acceptors (Lipinski definition) is 6. The van der Waals surface area contributed by atoms with Crippen LogP contribution in [0.5, 0.6) is 11.6 Å². The van der Waals surface area contributed by atoms with Crippen LogP contribution in [0.15, 0.2) is 41.8 Å². The predicted molar refractivity (Wildman–Crippen MR) is 80.6 cm³/mol. The molecule has 3 aromatic heterocycles. The van der Waals surface area contributed by atoms with Crippen molar-refractivity contribution in [3.05, 3.63) is 42.5 Å². The maximum atomic E-state index is 11.2. The Morgan fingerprint density at radius 1 is 1.26 bits per heavy atom. The molecule has 8 nitrogen and oxygen atoms in total. The predicted octanol–water partition coefficient (Wildman–Crippen LogP) is 1.44. The molecule has 1 saturated carbocycles. The largest absolute Gasteiger partial charge is 0.435 e. The molecule has 0 radical (unpaired) electrons. The summed E-state index contributed by atoms with van der Waals surface area (Å²) in [5.41, 5.74) is 1.79. The molecule has 3 heterocycles. The van der Waals surface area contributed by atoms with Gasteiger partial charge in [-0.1, -0.05) is 0 Å². The normalized spacial score (nSPS) is 15.0. The summed E-state index contributed by atoms with van der Waals surface area (Å²) in [6.07, 6.45) is 6.97. The van der Waals surface area contributed by atoms with Gasteiger partial charge < -0.3 is 4.74 Å². The first-order valence-corrected chi connectivity index (χ1v) is 8.56. The van der Waals surface area contributed by atoms with Gasteiger partial charge >= 0.3 is 0 Å². The van der Waals surface area contributed by atoms with Crippen LogP contribution in [-0.4, -0.2) is 28.0 Å². The first-order chi connectivity index (χ1) is 11.0. The molecule has 1 aliphatic rings. The number of rotatable bonds is 4. The fraction of sp³-hybridized carbons (Fsp3) is 0.214. The van der Waals surface area contributed by atoms with Gasteiger partial charge in [0.15, 0.2) is 5.03 Å². The molecule has 0 bridgehead atoms. The van der Waals surface area contributed by atoms with Crippen molar-refractivity contribution >= 4 is 15.5 Å². The summed E-state index contributed by atoms with van der Waals surface area (Å²) in [7, 11) is -3.82. The second-order valence-corrected chi connectivity index (χ2v) is 6.89. The smallest absolute Gasteiger partial charge is 0.255 e. The quantitative estimate of drug-likeness (QED) is 0.774. The Morgan fingerprint density at radius 3 is 2.74 bits per heavy atom. The number of fused-ring (bicyclic) bond motifs is 1. The summed E-state index contributed by atoms with van der Waals surface area (Å²) >= 11 is 0. The first-order valence-electron chi connectivity index (χ1n) is 7.02. The third-order valence-corrected chi connectivity index (χ3v) is 4.41. The number of nitrogens with zero attached hydrogens (tertiary/aromatic N) is 4. The second kappa shape index (κ2) is 5.00. The molecular formula is C14H13N5O3S. The van der Waals surface area contributed by atoms with E-state index in [9.17, 15) is 8.42 Å². The van der Waals surface area contributed by atoms with E-state index in [4.69, 9.17) is 9.88 Å². The SMILES string of the molecule is NS(=O)(=O)c1ccc(Oc2nccn3nc(C4CC4)cc23)cn1. The lowest BCUT2D eigenvalue weighted by Gasteiger charge is -2.05. The van der Waals surface area contributed by atoms with Gasteiger partial charge in [0, 0.05) is 18.3 Å². The van der Waals surface area contributed by atoms with Gasteiger partial charge in [-0.25, -0.2) is 28.0 Å². The Morgan fingerprint density at radius 2 is 2.09 bits per heavy atom. The van der Waals surface area contributed by atoms with Crippen LogP contribution in [0.25, 0.3) is 5.52 Å². The Balaban J connectivity index is 1.67. The van der Waals surface area contributed by atoms with Crippen LogP contribution < -0.4 is 9.88 Å². The van der Waals surface area contributed by atoms with Crippen molar-refractivity contribution in [3.8, 4) is 11.6 Å². The molecule has 0 aromatic carbocycles. The van der Waals surface area contributed by atoms with Gasteiger partial charge in [-0.15, -0.1) is 0 Å². The molecule has 0 unspecified atom stereocenters. The molecule has 118 valence electrons. The minimum atomic E-state index is -3.82. The minimum absolute atomic E-state index is 0.212. The molecule has 4 rings (SSSR count). The van der Waals surface area contributed by atoms with Crippen molar-refractivity contribution < 1.29 is 13.2 Å². The third-order valence-electron chi connectivity index (χ3n) is 3.58. The van der Waals surface area contributed by atoms with E-state index in [1.54, 1.807) is 16.9 Å². The Kier molecular flexibility index (Phi) is 3.06. The standard InChI is InChI=1S/C14H13N5O3S/c15-23(20,21)13-4-3-10(8-17-13)22-14-12-7-11(9-1-2-9)18-19(12)6-5-16-14/h3-9H,1-2H2,(H2,15,20,21). The summed E-state index contributed by atoms with van der Waals surface area (Å²) in [6, 6.07) is 4.74. The number of ether oxygens (including phenoxy) is 1. The van der Waals surface area contributed by atoms with Crippen molar-refractivity contribution in [3.63, 3.8) is 0 Å². The number of pyridine rings is 1. The molecular weight excluding hydrogens is 318 g/mol. The summed E-state index contributed by atoms with van der Waals surface area (Å²) < 4.78 is 29.8. The van der Waals surface area contributed by atoms with Crippen LogP contribution in [0.2, 0.25) is 0 Å². The van der Waals surface area contributed by atoms with E-state index in [1.165, 1.54) is 18.3 Å². The highest BCUT2D eigenvalue weighted by Gasteiger charge is 2.27. The zero-order valence-corrected chi connectivity index (χ0v) is 12.8. The van der Waals surface area contributed by atoms with Crippen molar-refractivity contribution in [1.82, 2.24) is 19.6 Å². The fourth-order valence-corrected chi connectivity index (χ4v) is 2.74. The van der Waals surface area contributed by atoms with Crippen LogP contribution in [0, 0.1) is 0 Å². The monoisotopic (exact) mass is 331 g/mol. The number of nitrogens with two attached hydrogens (primary N) is 1. The number of hydrogen-bond donors (Lipinski definition) is 1. The zero-order valence-electron chi connectivity index (χ0n) is 12.0. The topological polar surface area (TPSA) is 112 Å². The summed E-state index contributed by atoms with van der Waals surface area (Å²) in [5, 5.41) is 9.31.